The van der Waals surface area contributed by atoms with Crippen LogP contribution < -0.4 is 10.1 Å². The van der Waals surface area contributed by atoms with Crippen molar-refractivity contribution in [1.29, 1.82) is 0 Å². The molecule has 0 aliphatic rings. The van der Waals surface area contributed by atoms with Crippen molar-refractivity contribution in [3.63, 3.8) is 0 Å². The van der Waals surface area contributed by atoms with Gasteiger partial charge in [0.25, 0.3) is 0 Å². The maximum absolute atomic E-state index is 5.41. The molecule has 1 aromatic carbocycles. The summed E-state index contributed by atoms with van der Waals surface area (Å²) in [5, 5.41) is 7.88. The highest BCUT2D eigenvalue weighted by Crippen LogP contribution is 2.20. The standard InChI is InChI=1S/C16H23N3O/c1-5-13-8-6-7-9-14(13)10-17-11-15-12(2)18-19(3)16(15)20-4/h6-9,17H,5,10-11H2,1-4H3. The molecule has 0 saturated heterocycles. The van der Waals surface area contributed by atoms with E-state index in [0.29, 0.717) is 0 Å². The van der Waals surface area contributed by atoms with Crippen LogP contribution in [-0.2, 0) is 26.6 Å². The van der Waals surface area contributed by atoms with Gasteiger partial charge in [0.15, 0.2) is 0 Å². The van der Waals surface area contributed by atoms with Crippen molar-refractivity contribution >= 4 is 0 Å². The van der Waals surface area contributed by atoms with E-state index < -0.39 is 0 Å². The summed E-state index contributed by atoms with van der Waals surface area (Å²) in [7, 11) is 3.59. The number of aryl methyl sites for hydroxylation is 3. The second-order valence-electron chi connectivity index (χ2n) is 4.92. The number of aromatic nitrogens is 2. The van der Waals surface area contributed by atoms with E-state index in [0.717, 1.165) is 36.6 Å². The van der Waals surface area contributed by atoms with Gasteiger partial charge in [0.2, 0.25) is 5.88 Å². The number of hydrogen-bond donors (Lipinski definition) is 1. The van der Waals surface area contributed by atoms with Gasteiger partial charge in [-0.25, -0.2) is 4.68 Å². The number of ether oxygens (including phenoxy) is 1. The Morgan fingerprint density at radius 2 is 1.90 bits per heavy atom. The summed E-state index contributed by atoms with van der Waals surface area (Å²) < 4.78 is 7.19. The highest BCUT2D eigenvalue weighted by molar-refractivity contribution is 5.31. The molecule has 108 valence electrons. The van der Waals surface area contributed by atoms with E-state index in [-0.39, 0.29) is 0 Å². The Morgan fingerprint density at radius 3 is 2.55 bits per heavy atom. The zero-order valence-corrected chi connectivity index (χ0v) is 12.7. The zero-order chi connectivity index (χ0) is 14.5. The summed E-state index contributed by atoms with van der Waals surface area (Å²) in [6.07, 6.45) is 1.06. The zero-order valence-electron chi connectivity index (χ0n) is 12.7. The Labute approximate surface area is 120 Å². The van der Waals surface area contributed by atoms with Crippen molar-refractivity contribution in [2.24, 2.45) is 7.05 Å². The van der Waals surface area contributed by atoms with Gasteiger partial charge in [-0.1, -0.05) is 31.2 Å². The van der Waals surface area contributed by atoms with Gasteiger partial charge in [-0.05, 0) is 24.5 Å². The number of methoxy groups -OCH3 is 1. The average molecular weight is 273 g/mol. The van der Waals surface area contributed by atoms with E-state index in [1.165, 1.54) is 11.1 Å². The molecular formula is C16H23N3O. The maximum atomic E-state index is 5.41. The molecule has 0 bridgehead atoms. The van der Waals surface area contributed by atoms with Crippen molar-refractivity contribution in [2.75, 3.05) is 7.11 Å². The minimum absolute atomic E-state index is 0.765. The molecule has 0 amide bonds. The van der Waals surface area contributed by atoms with Crippen molar-refractivity contribution in [3.05, 3.63) is 46.6 Å². The Kier molecular flexibility index (Phi) is 4.79. The fraction of sp³-hybridized carbons (Fsp3) is 0.438. The molecule has 20 heavy (non-hydrogen) atoms. The van der Waals surface area contributed by atoms with E-state index in [1.54, 1.807) is 11.8 Å². The molecule has 1 N–H and O–H groups in total. The Morgan fingerprint density at radius 1 is 1.20 bits per heavy atom. The lowest BCUT2D eigenvalue weighted by Gasteiger charge is -2.10. The van der Waals surface area contributed by atoms with Crippen LogP contribution in [0.1, 0.15) is 29.3 Å². The fourth-order valence-electron chi connectivity index (χ4n) is 2.54. The van der Waals surface area contributed by atoms with Gasteiger partial charge in [-0.15, -0.1) is 0 Å². The first kappa shape index (κ1) is 14.6. The third-order valence-corrected chi connectivity index (χ3v) is 3.60. The number of benzene rings is 1. The summed E-state index contributed by atoms with van der Waals surface area (Å²) in [6.45, 7) is 5.83. The molecule has 2 aromatic rings. The lowest BCUT2D eigenvalue weighted by atomic mass is 10.1. The number of nitrogens with one attached hydrogen (secondary N) is 1. The van der Waals surface area contributed by atoms with Crippen molar-refractivity contribution in [1.82, 2.24) is 15.1 Å². The minimum atomic E-state index is 0.765. The lowest BCUT2D eigenvalue weighted by molar-refractivity contribution is 0.368. The highest BCUT2D eigenvalue weighted by atomic mass is 16.5. The van der Waals surface area contributed by atoms with Crippen molar-refractivity contribution in [2.45, 2.75) is 33.4 Å². The van der Waals surface area contributed by atoms with Gasteiger partial charge < -0.3 is 10.1 Å². The number of hydrogen-bond acceptors (Lipinski definition) is 3. The molecule has 0 aliphatic carbocycles. The quantitative estimate of drug-likeness (QED) is 0.879. The Hall–Kier alpha value is -1.81. The molecule has 0 saturated carbocycles. The SMILES string of the molecule is CCc1ccccc1CNCc1c(C)nn(C)c1OC. The molecule has 2 rings (SSSR count). The van der Waals surface area contributed by atoms with E-state index in [2.05, 4.69) is 41.6 Å². The van der Waals surface area contributed by atoms with Gasteiger partial charge in [0.05, 0.1) is 18.4 Å². The van der Waals surface area contributed by atoms with Gasteiger partial charge in [-0.2, -0.15) is 5.10 Å². The summed E-state index contributed by atoms with van der Waals surface area (Å²) in [5.74, 6) is 0.832. The first-order chi connectivity index (χ1) is 9.67. The Bertz CT molecular complexity index is 575. The number of rotatable bonds is 6. The normalized spacial score (nSPS) is 10.8. The second-order valence-corrected chi connectivity index (χ2v) is 4.92. The van der Waals surface area contributed by atoms with Gasteiger partial charge >= 0.3 is 0 Å². The van der Waals surface area contributed by atoms with Crippen LogP contribution in [0.3, 0.4) is 0 Å². The summed E-state index contributed by atoms with van der Waals surface area (Å²) >= 11 is 0. The van der Waals surface area contributed by atoms with Gasteiger partial charge in [0.1, 0.15) is 0 Å². The van der Waals surface area contributed by atoms with Crippen LogP contribution in [0.25, 0.3) is 0 Å². The third-order valence-electron chi connectivity index (χ3n) is 3.60. The van der Waals surface area contributed by atoms with E-state index in [1.807, 2.05) is 14.0 Å². The molecule has 0 aliphatic heterocycles. The fourth-order valence-corrected chi connectivity index (χ4v) is 2.54. The summed E-state index contributed by atoms with van der Waals surface area (Å²) in [6, 6.07) is 8.55. The minimum Gasteiger partial charge on any atom is -0.481 e. The van der Waals surface area contributed by atoms with Crippen molar-refractivity contribution in [3.8, 4) is 5.88 Å². The average Bonchev–Trinajstić information content (AvgIpc) is 2.73. The first-order valence-corrected chi connectivity index (χ1v) is 7.01. The topological polar surface area (TPSA) is 39.1 Å². The van der Waals surface area contributed by atoms with Gasteiger partial charge in [0, 0.05) is 20.1 Å². The largest absolute Gasteiger partial charge is 0.481 e. The van der Waals surface area contributed by atoms with E-state index in [9.17, 15) is 0 Å². The maximum Gasteiger partial charge on any atom is 0.216 e. The predicted octanol–water partition coefficient (Wildman–Crippen LogP) is 2.59. The first-order valence-electron chi connectivity index (χ1n) is 7.01. The Balaban J connectivity index is 2.03. The van der Waals surface area contributed by atoms with Crippen LogP contribution in [-0.4, -0.2) is 16.9 Å². The molecule has 1 heterocycles. The van der Waals surface area contributed by atoms with Crippen LogP contribution in [0.2, 0.25) is 0 Å². The van der Waals surface area contributed by atoms with Crippen LogP contribution in [0, 0.1) is 6.92 Å². The third kappa shape index (κ3) is 3.02. The van der Waals surface area contributed by atoms with Crippen LogP contribution in [0.5, 0.6) is 5.88 Å². The van der Waals surface area contributed by atoms with Crippen LogP contribution in [0.15, 0.2) is 24.3 Å². The van der Waals surface area contributed by atoms with Crippen LogP contribution in [0.4, 0.5) is 0 Å². The van der Waals surface area contributed by atoms with Gasteiger partial charge in [-0.3, -0.25) is 0 Å². The van der Waals surface area contributed by atoms with E-state index >= 15 is 0 Å². The lowest BCUT2D eigenvalue weighted by Crippen LogP contribution is -2.15. The van der Waals surface area contributed by atoms with Crippen molar-refractivity contribution < 1.29 is 4.74 Å². The molecule has 0 atom stereocenters. The molecule has 4 nitrogen and oxygen atoms in total. The van der Waals surface area contributed by atoms with Crippen LogP contribution >= 0.6 is 0 Å². The molecule has 0 unspecified atom stereocenters. The predicted molar refractivity (Wildman–Crippen MR) is 80.9 cm³/mol. The monoisotopic (exact) mass is 273 g/mol. The molecular weight excluding hydrogens is 250 g/mol. The summed E-state index contributed by atoms with van der Waals surface area (Å²) in [4.78, 5) is 0. The number of nitrogens with zero attached hydrogens (tertiary/aromatic N) is 2. The molecule has 4 heteroatoms. The smallest absolute Gasteiger partial charge is 0.216 e. The molecule has 0 fully saturated rings. The van der Waals surface area contributed by atoms with E-state index in [4.69, 9.17) is 4.74 Å². The second kappa shape index (κ2) is 6.57. The summed E-state index contributed by atoms with van der Waals surface area (Å²) in [5.41, 5.74) is 4.90. The highest BCUT2D eigenvalue weighted by Gasteiger charge is 2.13. The molecule has 0 spiro atoms. The molecule has 0 radical (unpaired) electrons. The molecule has 1 aromatic heterocycles.